The van der Waals surface area contributed by atoms with Crippen LogP contribution in [0.15, 0.2) is 47.6 Å². The molecule has 4 nitrogen and oxygen atoms in total. The van der Waals surface area contributed by atoms with Crippen LogP contribution in [0.3, 0.4) is 0 Å². The maximum atomic E-state index is 12.8. The summed E-state index contributed by atoms with van der Waals surface area (Å²) in [5.41, 5.74) is 4.16. The second-order valence-electron chi connectivity index (χ2n) is 6.09. The van der Waals surface area contributed by atoms with Crippen molar-refractivity contribution in [3.63, 3.8) is 0 Å². The standard InChI is InChI=1S/C19H17N3OS2/c1-11-8-9-14(10-12(11)2)17(23)13(3)24-18-20-21-19-22(18)15-6-4-5-7-16(15)25-19/h4-10,13H,1-3H3. The van der Waals surface area contributed by atoms with Crippen molar-refractivity contribution in [1.29, 1.82) is 0 Å². The molecule has 0 spiro atoms. The summed E-state index contributed by atoms with van der Waals surface area (Å²) < 4.78 is 3.21. The van der Waals surface area contributed by atoms with Gasteiger partial charge in [0.15, 0.2) is 10.9 Å². The largest absolute Gasteiger partial charge is 0.293 e. The summed E-state index contributed by atoms with van der Waals surface area (Å²) in [5, 5.41) is 9.09. The van der Waals surface area contributed by atoms with Crippen LogP contribution in [0.25, 0.3) is 15.2 Å². The van der Waals surface area contributed by atoms with Gasteiger partial charge < -0.3 is 0 Å². The van der Waals surface area contributed by atoms with E-state index in [0.29, 0.717) is 0 Å². The zero-order chi connectivity index (χ0) is 17.6. The number of thioether (sulfide) groups is 1. The first-order chi connectivity index (χ1) is 12.0. The highest BCUT2D eigenvalue weighted by atomic mass is 32.2. The monoisotopic (exact) mass is 367 g/mol. The maximum Gasteiger partial charge on any atom is 0.217 e. The minimum absolute atomic E-state index is 0.115. The van der Waals surface area contributed by atoms with Gasteiger partial charge in [0.1, 0.15) is 0 Å². The Hall–Kier alpha value is -2.18. The summed E-state index contributed by atoms with van der Waals surface area (Å²) in [4.78, 5) is 13.7. The second-order valence-corrected chi connectivity index (χ2v) is 8.41. The van der Waals surface area contributed by atoms with Gasteiger partial charge in [0.25, 0.3) is 0 Å². The minimum atomic E-state index is -0.229. The lowest BCUT2D eigenvalue weighted by Gasteiger charge is -2.10. The molecule has 0 aliphatic rings. The number of hydrogen-bond acceptors (Lipinski definition) is 5. The molecule has 126 valence electrons. The van der Waals surface area contributed by atoms with Crippen LogP contribution < -0.4 is 0 Å². The number of carbonyl (C=O) groups is 1. The zero-order valence-electron chi connectivity index (χ0n) is 14.2. The molecule has 4 rings (SSSR count). The molecular formula is C19H17N3OS2. The highest BCUT2D eigenvalue weighted by molar-refractivity contribution is 8.00. The lowest BCUT2D eigenvalue weighted by atomic mass is 10.0. The van der Waals surface area contributed by atoms with E-state index in [2.05, 4.69) is 29.3 Å². The number of para-hydroxylation sites is 1. The van der Waals surface area contributed by atoms with E-state index in [0.717, 1.165) is 26.8 Å². The predicted molar refractivity (Wildman–Crippen MR) is 104 cm³/mol. The van der Waals surface area contributed by atoms with Crippen molar-refractivity contribution in [3.05, 3.63) is 59.2 Å². The Morgan fingerprint density at radius 2 is 1.92 bits per heavy atom. The Kier molecular flexibility index (Phi) is 4.09. The molecule has 2 heterocycles. The number of rotatable bonds is 4. The maximum absolute atomic E-state index is 12.8. The van der Waals surface area contributed by atoms with Crippen LogP contribution in [0, 0.1) is 13.8 Å². The summed E-state index contributed by atoms with van der Waals surface area (Å²) in [5.74, 6) is 0.115. The first kappa shape index (κ1) is 16.3. The number of aryl methyl sites for hydroxylation is 2. The van der Waals surface area contributed by atoms with Gasteiger partial charge in [0, 0.05) is 5.56 Å². The average Bonchev–Trinajstić information content (AvgIpc) is 3.16. The number of Topliss-reactive ketones (excluding diaryl/α,β-unsaturated/α-hetero) is 1. The highest BCUT2D eigenvalue weighted by Gasteiger charge is 2.21. The normalized spacial score (nSPS) is 12.8. The minimum Gasteiger partial charge on any atom is -0.293 e. The van der Waals surface area contributed by atoms with E-state index < -0.39 is 0 Å². The molecule has 0 saturated heterocycles. The van der Waals surface area contributed by atoms with Crippen LogP contribution >= 0.6 is 23.1 Å². The van der Waals surface area contributed by atoms with Crippen LogP contribution in [0.2, 0.25) is 0 Å². The number of fused-ring (bicyclic) bond motifs is 3. The van der Waals surface area contributed by atoms with Crippen molar-refractivity contribution >= 4 is 44.1 Å². The van der Waals surface area contributed by atoms with Crippen LogP contribution in [-0.4, -0.2) is 25.6 Å². The van der Waals surface area contributed by atoms with Crippen molar-refractivity contribution in [3.8, 4) is 0 Å². The van der Waals surface area contributed by atoms with E-state index in [9.17, 15) is 4.79 Å². The molecule has 0 amide bonds. The van der Waals surface area contributed by atoms with Crippen molar-refractivity contribution in [1.82, 2.24) is 14.6 Å². The predicted octanol–water partition coefficient (Wildman–Crippen LogP) is 4.92. The molecule has 1 unspecified atom stereocenters. The first-order valence-electron chi connectivity index (χ1n) is 8.05. The Balaban J connectivity index is 1.66. The molecular weight excluding hydrogens is 350 g/mol. The van der Waals surface area contributed by atoms with Crippen molar-refractivity contribution in [2.24, 2.45) is 0 Å². The van der Waals surface area contributed by atoms with Gasteiger partial charge in [-0.1, -0.05) is 47.4 Å². The average molecular weight is 367 g/mol. The van der Waals surface area contributed by atoms with Gasteiger partial charge >= 0.3 is 0 Å². The van der Waals surface area contributed by atoms with Crippen molar-refractivity contribution < 1.29 is 4.79 Å². The molecule has 0 aliphatic heterocycles. The molecule has 0 fully saturated rings. The number of ketones is 1. The van der Waals surface area contributed by atoms with Gasteiger partial charge in [-0.2, -0.15) is 0 Å². The van der Waals surface area contributed by atoms with Gasteiger partial charge in [-0.15, -0.1) is 10.2 Å². The fourth-order valence-electron chi connectivity index (χ4n) is 2.77. The molecule has 1 atom stereocenters. The van der Waals surface area contributed by atoms with Gasteiger partial charge in [-0.05, 0) is 50.1 Å². The van der Waals surface area contributed by atoms with Gasteiger partial charge in [-0.25, -0.2) is 0 Å². The lowest BCUT2D eigenvalue weighted by Crippen LogP contribution is -2.14. The molecule has 0 radical (unpaired) electrons. The van der Waals surface area contributed by atoms with E-state index in [1.807, 2.05) is 48.6 Å². The summed E-state index contributed by atoms with van der Waals surface area (Å²) >= 11 is 3.07. The molecule has 2 aromatic carbocycles. The Morgan fingerprint density at radius 3 is 2.72 bits per heavy atom. The van der Waals surface area contributed by atoms with E-state index in [1.165, 1.54) is 22.0 Å². The van der Waals surface area contributed by atoms with Crippen LogP contribution in [-0.2, 0) is 0 Å². The molecule has 25 heavy (non-hydrogen) atoms. The summed E-state index contributed by atoms with van der Waals surface area (Å²) in [6.45, 7) is 6.01. The molecule has 6 heteroatoms. The number of hydrogen-bond donors (Lipinski definition) is 0. The van der Waals surface area contributed by atoms with Crippen molar-refractivity contribution in [2.75, 3.05) is 0 Å². The molecule has 0 aliphatic carbocycles. The van der Waals surface area contributed by atoms with Crippen LogP contribution in [0.4, 0.5) is 0 Å². The quantitative estimate of drug-likeness (QED) is 0.379. The number of nitrogens with zero attached hydrogens (tertiary/aromatic N) is 3. The van der Waals surface area contributed by atoms with E-state index >= 15 is 0 Å². The van der Waals surface area contributed by atoms with Crippen LogP contribution in [0.1, 0.15) is 28.4 Å². The van der Waals surface area contributed by atoms with E-state index in [1.54, 1.807) is 11.3 Å². The smallest absolute Gasteiger partial charge is 0.217 e. The van der Waals surface area contributed by atoms with E-state index in [-0.39, 0.29) is 11.0 Å². The van der Waals surface area contributed by atoms with Gasteiger partial charge in [0.05, 0.1) is 15.5 Å². The lowest BCUT2D eigenvalue weighted by molar-refractivity contribution is 0.0994. The number of thiazole rings is 1. The molecule has 4 aromatic rings. The van der Waals surface area contributed by atoms with Crippen LogP contribution in [0.5, 0.6) is 0 Å². The molecule has 2 aromatic heterocycles. The zero-order valence-corrected chi connectivity index (χ0v) is 15.8. The third kappa shape index (κ3) is 2.85. The fourth-order valence-corrected chi connectivity index (χ4v) is 4.73. The Bertz CT molecular complexity index is 1100. The number of aromatic nitrogens is 3. The highest BCUT2D eigenvalue weighted by Crippen LogP contribution is 2.32. The summed E-state index contributed by atoms with van der Waals surface area (Å²) in [6, 6.07) is 14.0. The molecule has 0 bridgehead atoms. The third-order valence-electron chi connectivity index (χ3n) is 4.35. The van der Waals surface area contributed by atoms with Crippen molar-refractivity contribution in [2.45, 2.75) is 31.2 Å². The number of benzene rings is 2. The van der Waals surface area contributed by atoms with Gasteiger partial charge in [-0.3, -0.25) is 9.20 Å². The Morgan fingerprint density at radius 1 is 1.12 bits per heavy atom. The topological polar surface area (TPSA) is 47.3 Å². The number of carbonyl (C=O) groups excluding carboxylic acids is 1. The third-order valence-corrected chi connectivity index (χ3v) is 6.41. The summed E-state index contributed by atoms with van der Waals surface area (Å²) in [6.07, 6.45) is 0. The Labute approximate surface area is 153 Å². The molecule has 0 saturated carbocycles. The van der Waals surface area contributed by atoms with Gasteiger partial charge in [0.2, 0.25) is 4.96 Å². The second kappa shape index (κ2) is 6.28. The fraction of sp³-hybridized carbons (Fsp3) is 0.211. The van der Waals surface area contributed by atoms with E-state index in [4.69, 9.17) is 0 Å². The SMILES string of the molecule is Cc1ccc(C(=O)C(C)Sc2nnc3sc4ccccc4n23)cc1C. The summed E-state index contributed by atoms with van der Waals surface area (Å²) in [7, 11) is 0. The molecule has 0 N–H and O–H groups in total. The first-order valence-corrected chi connectivity index (χ1v) is 9.75.